The van der Waals surface area contributed by atoms with E-state index in [-0.39, 0.29) is 12.0 Å². The molecule has 0 aromatic rings. The molecule has 3 heteroatoms. The molecule has 7 heavy (non-hydrogen) atoms. The van der Waals surface area contributed by atoms with E-state index in [4.69, 9.17) is 19.3 Å². The molecule has 0 heterocycles. The van der Waals surface area contributed by atoms with Gasteiger partial charge in [-0.05, 0) is 19.3 Å². The monoisotopic (exact) mass is 98.1 g/mol. The molecule has 2 radical (unpaired) electrons. The number of hydrogen-bond acceptors (Lipinski definition) is 2. The molecule has 2 unspecified atom stereocenters. The minimum atomic E-state index is -0.250. The van der Waals surface area contributed by atoms with Gasteiger partial charge >= 0.3 is 0 Å². The first-order valence-corrected chi connectivity index (χ1v) is 2.39. The maximum absolute atomic E-state index is 5.33. The van der Waals surface area contributed by atoms with Gasteiger partial charge in [0.2, 0.25) is 0 Å². The lowest BCUT2D eigenvalue weighted by atomic mass is 9.92. The quantitative estimate of drug-likeness (QED) is 0.443. The van der Waals surface area contributed by atoms with Gasteiger partial charge in [0.25, 0.3) is 0 Å². The van der Waals surface area contributed by atoms with Crippen molar-refractivity contribution in [1.82, 2.24) is 0 Å². The third-order valence-corrected chi connectivity index (χ3v) is 0.644. The summed E-state index contributed by atoms with van der Waals surface area (Å²) < 4.78 is 0. The molecule has 0 amide bonds. The molecule has 0 spiro atoms. The van der Waals surface area contributed by atoms with Gasteiger partial charge in [0, 0.05) is 6.04 Å². The normalized spacial score (nSPS) is 18.7. The number of nitrogens with two attached hydrogens (primary N) is 2. The van der Waals surface area contributed by atoms with Crippen LogP contribution < -0.4 is 11.5 Å². The molecule has 0 aliphatic carbocycles. The van der Waals surface area contributed by atoms with Crippen LogP contribution in [0.15, 0.2) is 0 Å². The molecular weight excluding hydrogens is 86.9 g/mol. The topological polar surface area (TPSA) is 52.0 Å². The van der Waals surface area contributed by atoms with Crippen LogP contribution in [-0.4, -0.2) is 19.8 Å². The van der Waals surface area contributed by atoms with Gasteiger partial charge in [0.15, 0.2) is 0 Å². The van der Waals surface area contributed by atoms with Crippen molar-refractivity contribution in [3.8, 4) is 0 Å². The SMILES string of the molecule is [B]C(N)CC(C)N. The third-order valence-electron chi connectivity index (χ3n) is 0.644. The zero-order valence-corrected chi connectivity index (χ0v) is 4.59. The van der Waals surface area contributed by atoms with E-state index in [1.165, 1.54) is 0 Å². The highest BCUT2D eigenvalue weighted by Gasteiger charge is 1.95. The lowest BCUT2D eigenvalue weighted by Gasteiger charge is -2.06. The van der Waals surface area contributed by atoms with E-state index in [0.29, 0.717) is 6.42 Å². The minimum absolute atomic E-state index is 0.125. The van der Waals surface area contributed by atoms with Crippen LogP contribution in [0.3, 0.4) is 0 Å². The molecule has 2 atom stereocenters. The van der Waals surface area contributed by atoms with E-state index in [0.717, 1.165) is 0 Å². The molecule has 0 fully saturated rings. The summed E-state index contributed by atoms with van der Waals surface area (Å²) in [6.45, 7) is 1.88. The van der Waals surface area contributed by atoms with Crippen molar-refractivity contribution in [2.24, 2.45) is 11.5 Å². The Kier molecular flexibility index (Phi) is 3.04. The second-order valence-corrected chi connectivity index (χ2v) is 1.88. The van der Waals surface area contributed by atoms with Crippen molar-refractivity contribution in [3.05, 3.63) is 0 Å². The Bertz CT molecular complexity index is 39.0. The highest BCUT2D eigenvalue weighted by molar-refractivity contribution is 6.11. The van der Waals surface area contributed by atoms with E-state index >= 15 is 0 Å². The van der Waals surface area contributed by atoms with Crippen molar-refractivity contribution in [1.29, 1.82) is 0 Å². The molecule has 0 rings (SSSR count). The van der Waals surface area contributed by atoms with Crippen LogP contribution in [0.4, 0.5) is 0 Å². The van der Waals surface area contributed by atoms with Crippen LogP contribution in [0.2, 0.25) is 0 Å². The summed E-state index contributed by atoms with van der Waals surface area (Å²) in [5, 5.41) is 0. The maximum Gasteiger partial charge on any atom is 0.0903 e. The van der Waals surface area contributed by atoms with Crippen LogP contribution in [0.25, 0.3) is 0 Å². The fourth-order valence-electron chi connectivity index (χ4n) is 0.429. The van der Waals surface area contributed by atoms with E-state index in [1.54, 1.807) is 0 Å². The summed E-state index contributed by atoms with van der Waals surface area (Å²) in [6.07, 6.45) is 0.694. The van der Waals surface area contributed by atoms with E-state index < -0.39 is 0 Å². The molecular formula is C4H11BN2. The van der Waals surface area contributed by atoms with Crippen LogP contribution in [0.5, 0.6) is 0 Å². The Morgan fingerprint density at radius 2 is 2.00 bits per heavy atom. The van der Waals surface area contributed by atoms with Crippen LogP contribution in [0, 0.1) is 0 Å². The summed E-state index contributed by atoms with van der Waals surface area (Å²) >= 11 is 0. The molecule has 0 aromatic heterocycles. The largest absolute Gasteiger partial charge is 0.336 e. The first-order chi connectivity index (χ1) is 3.13. The highest BCUT2D eigenvalue weighted by atomic mass is 14.7. The Morgan fingerprint density at radius 1 is 1.57 bits per heavy atom. The molecule has 0 saturated heterocycles. The predicted molar refractivity (Wildman–Crippen MR) is 32.0 cm³/mol. The van der Waals surface area contributed by atoms with Gasteiger partial charge in [-0.15, -0.1) is 0 Å². The Hall–Kier alpha value is -0.0151. The fraction of sp³-hybridized carbons (Fsp3) is 1.00. The van der Waals surface area contributed by atoms with Gasteiger partial charge in [-0.2, -0.15) is 0 Å². The van der Waals surface area contributed by atoms with E-state index in [1.807, 2.05) is 6.92 Å². The standard InChI is InChI=1S/C4H11BN2/c1-3(6)2-4(5)7/h3-4H,2,6-7H2,1H3. The lowest BCUT2D eigenvalue weighted by molar-refractivity contribution is 0.645. The van der Waals surface area contributed by atoms with Gasteiger partial charge < -0.3 is 11.5 Å². The molecule has 0 aromatic carbocycles. The fourth-order valence-corrected chi connectivity index (χ4v) is 0.429. The summed E-state index contributed by atoms with van der Waals surface area (Å²) in [4.78, 5) is 0. The summed E-state index contributed by atoms with van der Waals surface area (Å²) in [5.41, 5.74) is 10.5. The molecule has 0 bridgehead atoms. The van der Waals surface area contributed by atoms with Crippen LogP contribution in [0.1, 0.15) is 13.3 Å². The molecule has 2 nitrogen and oxygen atoms in total. The van der Waals surface area contributed by atoms with Crippen molar-refractivity contribution < 1.29 is 0 Å². The Balaban J connectivity index is 2.95. The van der Waals surface area contributed by atoms with Crippen molar-refractivity contribution in [2.45, 2.75) is 25.3 Å². The van der Waals surface area contributed by atoms with Crippen molar-refractivity contribution in [3.63, 3.8) is 0 Å². The first-order valence-electron chi connectivity index (χ1n) is 2.39. The van der Waals surface area contributed by atoms with Gasteiger partial charge in [-0.3, -0.25) is 0 Å². The summed E-state index contributed by atoms with van der Waals surface area (Å²) in [5.74, 6) is -0.250. The molecule has 0 aliphatic rings. The van der Waals surface area contributed by atoms with Gasteiger partial charge in [-0.25, -0.2) is 0 Å². The van der Waals surface area contributed by atoms with E-state index in [2.05, 4.69) is 0 Å². The predicted octanol–water partition coefficient (Wildman–Crippen LogP) is -0.823. The maximum atomic E-state index is 5.33. The molecule has 0 saturated carbocycles. The average molecular weight is 98.0 g/mol. The zero-order valence-electron chi connectivity index (χ0n) is 4.59. The van der Waals surface area contributed by atoms with Gasteiger partial charge in [-0.1, -0.05) is 0 Å². The molecule has 0 aliphatic heterocycles. The van der Waals surface area contributed by atoms with Gasteiger partial charge in [0.1, 0.15) is 0 Å². The van der Waals surface area contributed by atoms with Crippen LogP contribution >= 0.6 is 0 Å². The van der Waals surface area contributed by atoms with Crippen molar-refractivity contribution >= 4 is 7.85 Å². The Morgan fingerprint density at radius 3 is 2.00 bits per heavy atom. The lowest BCUT2D eigenvalue weighted by Crippen LogP contribution is -2.29. The van der Waals surface area contributed by atoms with E-state index in [9.17, 15) is 0 Å². The Labute approximate surface area is 45.7 Å². The second-order valence-electron chi connectivity index (χ2n) is 1.88. The number of rotatable bonds is 2. The zero-order chi connectivity index (χ0) is 5.86. The van der Waals surface area contributed by atoms with Crippen molar-refractivity contribution in [2.75, 3.05) is 0 Å². The molecule has 4 N–H and O–H groups in total. The minimum Gasteiger partial charge on any atom is -0.336 e. The third kappa shape index (κ3) is 5.98. The highest BCUT2D eigenvalue weighted by Crippen LogP contribution is 1.85. The summed E-state index contributed by atoms with van der Waals surface area (Å²) in [6, 6.07) is 0.125. The smallest absolute Gasteiger partial charge is 0.0903 e. The van der Waals surface area contributed by atoms with Crippen LogP contribution in [-0.2, 0) is 0 Å². The van der Waals surface area contributed by atoms with Gasteiger partial charge in [0.05, 0.1) is 7.85 Å². The first kappa shape index (κ1) is 6.98. The average Bonchev–Trinajstić information content (AvgIpc) is 1.27. The number of hydrogen-bond donors (Lipinski definition) is 2. The molecule has 40 valence electrons. The second kappa shape index (κ2) is 3.05. The summed E-state index contributed by atoms with van der Waals surface area (Å²) in [7, 11) is 5.19.